The van der Waals surface area contributed by atoms with E-state index in [2.05, 4.69) is 10.3 Å². The quantitative estimate of drug-likeness (QED) is 0.647. The second-order valence-electron chi connectivity index (χ2n) is 2.75. The largest absolute Gasteiger partial charge is 0.315 e. The van der Waals surface area contributed by atoms with Crippen LogP contribution in [0.4, 0.5) is 4.39 Å². The second kappa shape index (κ2) is 2.58. The molecule has 0 radical (unpaired) electrons. The lowest BCUT2D eigenvalue weighted by atomic mass is 9.95. The van der Waals surface area contributed by atoms with Crippen LogP contribution < -0.4 is 5.32 Å². The van der Waals surface area contributed by atoms with Crippen LogP contribution in [0.2, 0.25) is 0 Å². The lowest BCUT2D eigenvalue weighted by molar-refractivity contribution is 0.429. The zero-order valence-corrected chi connectivity index (χ0v) is 6.05. The summed E-state index contributed by atoms with van der Waals surface area (Å²) in [7, 11) is 0. The molecule has 2 rings (SSSR count). The predicted octanol–water partition coefficient (Wildman–Crippen LogP) is 0.907. The lowest BCUT2D eigenvalue weighted by Gasteiger charge is -2.27. The van der Waals surface area contributed by atoms with Crippen molar-refractivity contribution in [1.82, 2.24) is 10.3 Å². The lowest BCUT2D eigenvalue weighted by Crippen LogP contribution is -2.40. The standard InChI is InChI=1S/C8H9FN2/c9-8-1-2-10-5-7(8)6-3-11-4-6/h1-2,5-6,11H,3-4H2. The molecule has 0 spiro atoms. The molecule has 0 amide bonds. The number of nitrogens with zero attached hydrogens (tertiary/aromatic N) is 1. The normalized spacial score (nSPS) is 17.9. The van der Waals surface area contributed by atoms with Crippen LogP contribution in [0.25, 0.3) is 0 Å². The van der Waals surface area contributed by atoms with E-state index in [1.807, 2.05) is 0 Å². The van der Waals surface area contributed by atoms with Crippen molar-refractivity contribution in [3.05, 3.63) is 29.8 Å². The summed E-state index contributed by atoms with van der Waals surface area (Å²) in [4.78, 5) is 3.88. The van der Waals surface area contributed by atoms with Crippen molar-refractivity contribution in [1.29, 1.82) is 0 Å². The molecule has 1 aliphatic heterocycles. The summed E-state index contributed by atoms with van der Waals surface area (Å²) in [6.45, 7) is 1.76. The first kappa shape index (κ1) is 6.73. The van der Waals surface area contributed by atoms with E-state index in [4.69, 9.17) is 0 Å². The third-order valence-electron chi connectivity index (χ3n) is 2.02. The molecule has 1 fully saturated rings. The van der Waals surface area contributed by atoms with Gasteiger partial charge in [0.05, 0.1) is 0 Å². The summed E-state index contributed by atoms with van der Waals surface area (Å²) in [6.07, 6.45) is 3.09. The van der Waals surface area contributed by atoms with E-state index in [1.165, 1.54) is 12.3 Å². The van der Waals surface area contributed by atoms with Crippen LogP contribution in [0.15, 0.2) is 18.5 Å². The smallest absolute Gasteiger partial charge is 0.129 e. The topological polar surface area (TPSA) is 24.9 Å². The Morgan fingerprint density at radius 2 is 2.36 bits per heavy atom. The minimum Gasteiger partial charge on any atom is -0.315 e. The first-order valence-corrected chi connectivity index (χ1v) is 3.68. The molecule has 0 aromatic carbocycles. The fourth-order valence-corrected chi connectivity index (χ4v) is 1.20. The number of hydrogen-bond acceptors (Lipinski definition) is 2. The number of pyridine rings is 1. The van der Waals surface area contributed by atoms with E-state index >= 15 is 0 Å². The van der Waals surface area contributed by atoms with Gasteiger partial charge >= 0.3 is 0 Å². The molecule has 0 bridgehead atoms. The monoisotopic (exact) mass is 152 g/mol. The van der Waals surface area contributed by atoms with E-state index in [0.717, 1.165) is 18.7 Å². The van der Waals surface area contributed by atoms with Gasteiger partial charge in [0.25, 0.3) is 0 Å². The zero-order chi connectivity index (χ0) is 7.68. The highest BCUT2D eigenvalue weighted by Gasteiger charge is 2.21. The molecule has 58 valence electrons. The van der Waals surface area contributed by atoms with Gasteiger partial charge in [0.15, 0.2) is 0 Å². The molecule has 11 heavy (non-hydrogen) atoms. The summed E-state index contributed by atoms with van der Waals surface area (Å²) in [5.41, 5.74) is 0.742. The van der Waals surface area contributed by atoms with Gasteiger partial charge in [0.1, 0.15) is 5.82 Å². The molecular weight excluding hydrogens is 143 g/mol. The summed E-state index contributed by atoms with van der Waals surface area (Å²) >= 11 is 0. The van der Waals surface area contributed by atoms with Crippen LogP contribution in [0.3, 0.4) is 0 Å². The molecule has 1 aromatic heterocycles. The summed E-state index contributed by atoms with van der Waals surface area (Å²) < 4.78 is 13.0. The van der Waals surface area contributed by atoms with Gasteiger partial charge in [-0.05, 0) is 6.07 Å². The van der Waals surface area contributed by atoms with Crippen molar-refractivity contribution >= 4 is 0 Å². The third-order valence-corrected chi connectivity index (χ3v) is 2.02. The summed E-state index contributed by atoms with van der Waals surface area (Å²) in [5.74, 6) is 0.204. The molecule has 1 N–H and O–H groups in total. The minimum atomic E-state index is -0.133. The van der Waals surface area contributed by atoms with Crippen molar-refractivity contribution in [2.24, 2.45) is 0 Å². The first-order chi connectivity index (χ1) is 5.38. The molecule has 1 aromatic rings. The van der Waals surface area contributed by atoms with Crippen LogP contribution in [-0.2, 0) is 0 Å². The molecule has 1 saturated heterocycles. The van der Waals surface area contributed by atoms with Crippen LogP contribution >= 0.6 is 0 Å². The molecule has 2 nitrogen and oxygen atoms in total. The Bertz CT molecular complexity index is 258. The highest BCUT2D eigenvalue weighted by atomic mass is 19.1. The molecule has 0 unspecified atom stereocenters. The van der Waals surface area contributed by atoms with Gasteiger partial charge in [0, 0.05) is 37.0 Å². The summed E-state index contributed by atoms with van der Waals surface area (Å²) in [5, 5.41) is 3.09. The fourth-order valence-electron chi connectivity index (χ4n) is 1.20. The van der Waals surface area contributed by atoms with E-state index in [0.29, 0.717) is 5.92 Å². The molecule has 3 heteroatoms. The van der Waals surface area contributed by atoms with Gasteiger partial charge in [-0.3, -0.25) is 4.98 Å². The Morgan fingerprint density at radius 1 is 1.55 bits per heavy atom. The van der Waals surface area contributed by atoms with Gasteiger partial charge in [-0.25, -0.2) is 4.39 Å². The Kier molecular flexibility index (Phi) is 1.58. The van der Waals surface area contributed by atoms with Crippen LogP contribution in [-0.4, -0.2) is 18.1 Å². The molecule has 0 aliphatic carbocycles. The fraction of sp³-hybridized carbons (Fsp3) is 0.375. The summed E-state index contributed by atoms with van der Waals surface area (Å²) in [6, 6.07) is 1.41. The number of nitrogens with one attached hydrogen (secondary N) is 1. The van der Waals surface area contributed by atoms with Crippen molar-refractivity contribution < 1.29 is 4.39 Å². The van der Waals surface area contributed by atoms with Gasteiger partial charge in [-0.1, -0.05) is 0 Å². The van der Waals surface area contributed by atoms with Crippen LogP contribution in [0.5, 0.6) is 0 Å². The van der Waals surface area contributed by atoms with Crippen molar-refractivity contribution in [3.63, 3.8) is 0 Å². The van der Waals surface area contributed by atoms with E-state index in [-0.39, 0.29) is 5.82 Å². The SMILES string of the molecule is Fc1ccncc1C1CNC1. The molecule has 0 atom stereocenters. The second-order valence-corrected chi connectivity index (χ2v) is 2.75. The Hall–Kier alpha value is -0.960. The van der Waals surface area contributed by atoms with Gasteiger partial charge in [-0.2, -0.15) is 0 Å². The van der Waals surface area contributed by atoms with Crippen molar-refractivity contribution in [3.8, 4) is 0 Å². The van der Waals surface area contributed by atoms with E-state index < -0.39 is 0 Å². The molecule has 0 saturated carbocycles. The van der Waals surface area contributed by atoms with E-state index in [1.54, 1.807) is 6.20 Å². The van der Waals surface area contributed by atoms with Crippen LogP contribution in [0.1, 0.15) is 11.5 Å². The average molecular weight is 152 g/mol. The number of rotatable bonds is 1. The maximum Gasteiger partial charge on any atom is 0.129 e. The number of aromatic nitrogens is 1. The van der Waals surface area contributed by atoms with Crippen molar-refractivity contribution in [2.75, 3.05) is 13.1 Å². The van der Waals surface area contributed by atoms with Gasteiger partial charge in [-0.15, -0.1) is 0 Å². The molecular formula is C8H9FN2. The molecule has 1 aliphatic rings. The Balaban J connectivity index is 2.28. The first-order valence-electron chi connectivity index (χ1n) is 3.68. The predicted molar refractivity (Wildman–Crippen MR) is 39.8 cm³/mol. The number of halogens is 1. The highest BCUT2D eigenvalue weighted by molar-refractivity contribution is 5.20. The van der Waals surface area contributed by atoms with Crippen molar-refractivity contribution in [2.45, 2.75) is 5.92 Å². The average Bonchev–Trinajstić information content (AvgIpc) is 1.90. The third kappa shape index (κ3) is 1.12. The maximum absolute atomic E-state index is 13.0. The Morgan fingerprint density at radius 3 is 2.91 bits per heavy atom. The number of hydrogen-bond donors (Lipinski definition) is 1. The minimum absolute atomic E-state index is 0.133. The van der Waals surface area contributed by atoms with Crippen LogP contribution in [0, 0.1) is 5.82 Å². The van der Waals surface area contributed by atoms with Gasteiger partial charge < -0.3 is 5.32 Å². The molecule has 2 heterocycles. The van der Waals surface area contributed by atoms with Gasteiger partial charge in [0.2, 0.25) is 0 Å². The van der Waals surface area contributed by atoms with E-state index in [9.17, 15) is 4.39 Å². The maximum atomic E-state index is 13.0. The Labute approximate surface area is 64.5 Å². The highest BCUT2D eigenvalue weighted by Crippen LogP contribution is 2.20. The zero-order valence-electron chi connectivity index (χ0n) is 6.05.